The first-order valence-corrected chi connectivity index (χ1v) is 7.55. The first-order valence-electron chi connectivity index (χ1n) is 7.55. The lowest BCUT2D eigenvalue weighted by Crippen LogP contribution is -2.54. The van der Waals surface area contributed by atoms with Gasteiger partial charge >= 0.3 is 0 Å². The number of nitrogens with one attached hydrogen (secondary N) is 1. The minimum Gasteiger partial charge on any atom is -0.395 e. The Bertz CT molecular complexity index is 284. The molecule has 0 unspecified atom stereocenters. The predicted molar refractivity (Wildman–Crippen MR) is 75.0 cm³/mol. The predicted octanol–water partition coefficient (Wildman–Crippen LogP) is 0.0436. The molecule has 2 rings (SSSR count). The highest BCUT2D eigenvalue weighted by atomic mass is 16.3. The number of rotatable bonds is 4. The summed E-state index contributed by atoms with van der Waals surface area (Å²) in [6.07, 6.45) is 5.28. The maximum absolute atomic E-state index is 12.6. The molecule has 0 aromatic rings. The van der Waals surface area contributed by atoms with Crippen molar-refractivity contribution in [3.63, 3.8) is 0 Å². The highest BCUT2D eigenvalue weighted by molar-refractivity contribution is 5.82. The van der Waals surface area contributed by atoms with Crippen molar-refractivity contribution in [3.05, 3.63) is 0 Å². The molecular formula is C14H27N3O2. The molecule has 0 aliphatic carbocycles. The Kier molecular flexibility index (Phi) is 5.60. The van der Waals surface area contributed by atoms with Crippen LogP contribution >= 0.6 is 0 Å². The third-order valence-electron chi connectivity index (χ3n) is 4.36. The summed E-state index contributed by atoms with van der Waals surface area (Å²) >= 11 is 0. The van der Waals surface area contributed by atoms with Crippen LogP contribution in [0.3, 0.4) is 0 Å². The highest BCUT2D eigenvalue weighted by Gasteiger charge is 2.31. The molecule has 2 aliphatic rings. The van der Waals surface area contributed by atoms with Crippen LogP contribution in [0.1, 0.15) is 32.1 Å². The number of amides is 1. The van der Waals surface area contributed by atoms with E-state index in [-0.39, 0.29) is 18.6 Å². The van der Waals surface area contributed by atoms with E-state index in [9.17, 15) is 9.90 Å². The fourth-order valence-electron chi connectivity index (χ4n) is 3.15. The number of likely N-dealkylation sites (tertiary alicyclic amines) is 1. The summed E-state index contributed by atoms with van der Waals surface area (Å²) < 4.78 is 0. The van der Waals surface area contributed by atoms with Gasteiger partial charge in [0.2, 0.25) is 5.91 Å². The molecule has 2 heterocycles. The molecule has 0 aromatic heterocycles. The smallest absolute Gasteiger partial charge is 0.240 e. The molecule has 0 radical (unpaired) electrons. The molecule has 0 saturated carbocycles. The van der Waals surface area contributed by atoms with E-state index in [0.29, 0.717) is 12.6 Å². The maximum atomic E-state index is 12.6. The molecule has 110 valence electrons. The van der Waals surface area contributed by atoms with Gasteiger partial charge in [0, 0.05) is 12.6 Å². The Hall–Kier alpha value is -0.650. The van der Waals surface area contributed by atoms with Crippen LogP contribution in [0.2, 0.25) is 0 Å². The molecule has 0 bridgehead atoms. The fourth-order valence-corrected chi connectivity index (χ4v) is 3.15. The second kappa shape index (κ2) is 7.22. The summed E-state index contributed by atoms with van der Waals surface area (Å²) in [5, 5.41) is 12.6. The van der Waals surface area contributed by atoms with Gasteiger partial charge in [0.1, 0.15) is 0 Å². The van der Waals surface area contributed by atoms with Gasteiger partial charge in [0.25, 0.3) is 0 Å². The number of aliphatic hydroxyl groups excluding tert-OH is 1. The van der Waals surface area contributed by atoms with Gasteiger partial charge in [-0.3, -0.25) is 4.79 Å². The molecule has 1 amide bonds. The van der Waals surface area contributed by atoms with Crippen molar-refractivity contribution in [2.45, 2.75) is 44.2 Å². The van der Waals surface area contributed by atoms with Gasteiger partial charge in [-0.1, -0.05) is 6.42 Å². The molecule has 5 heteroatoms. The highest BCUT2D eigenvalue weighted by Crippen LogP contribution is 2.18. The SMILES string of the molecule is CN1CCC(N(CCO)C(=O)[C@@H]2CCCCN2)CC1. The Labute approximate surface area is 115 Å². The number of hydrogen-bond acceptors (Lipinski definition) is 4. The molecule has 0 aromatic carbocycles. The van der Waals surface area contributed by atoms with Crippen LogP contribution in [-0.4, -0.2) is 72.7 Å². The second-order valence-corrected chi connectivity index (χ2v) is 5.79. The van der Waals surface area contributed by atoms with Gasteiger partial charge < -0.3 is 20.2 Å². The zero-order valence-corrected chi connectivity index (χ0v) is 12.0. The summed E-state index contributed by atoms with van der Waals surface area (Å²) in [5.41, 5.74) is 0. The normalized spacial score (nSPS) is 26.3. The van der Waals surface area contributed by atoms with Gasteiger partial charge in [-0.2, -0.15) is 0 Å². The van der Waals surface area contributed by atoms with Gasteiger partial charge in [-0.25, -0.2) is 0 Å². The van der Waals surface area contributed by atoms with E-state index in [1.165, 1.54) is 0 Å². The van der Waals surface area contributed by atoms with Crippen molar-refractivity contribution in [1.29, 1.82) is 0 Å². The first kappa shape index (κ1) is 14.8. The van der Waals surface area contributed by atoms with E-state index in [2.05, 4.69) is 17.3 Å². The van der Waals surface area contributed by atoms with Gasteiger partial charge in [-0.05, 0) is 52.4 Å². The monoisotopic (exact) mass is 269 g/mol. The fraction of sp³-hybridized carbons (Fsp3) is 0.929. The maximum Gasteiger partial charge on any atom is 0.240 e. The Morgan fingerprint density at radius 2 is 2.05 bits per heavy atom. The van der Waals surface area contributed by atoms with Gasteiger partial charge in [0.05, 0.1) is 12.6 Å². The van der Waals surface area contributed by atoms with Crippen LogP contribution < -0.4 is 5.32 Å². The standard InChI is InChI=1S/C14H27N3O2/c1-16-8-5-12(6-9-16)17(10-11-18)14(19)13-4-2-3-7-15-13/h12-13,15,18H,2-11H2,1H3/t13-/m0/s1. The van der Waals surface area contributed by atoms with Crippen molar-refractivity contribution in [2.75, 3.05) is 39.8 Å². The van der Waals surface area contributed by atoms with Crippen molar-refractivity contribution >= 4 is 5.91 Å². The number of piperidine rings is 2. The quantitative estimate of drug-likeness (QED) is 0.757. The van der Waals surface area contributed by atoms with Crippen molar-refractivity contribution in [3.8, 4) is 0 Å². The molecule has 2 N–H and O–H groups in total. The lowest BCUT2D eigenvalue weighted by molar-refractivity contribution is -0.138. The number of nitrogens with zero attached hydrogens (tertiary/aromatic N) is 2. The van der Waals surface area contributed by atoms with E-state index in [4.69, 9.17) is 0 Å². The Morgan fingerprint density at radius 1 is 1.32 bits per heavy atom. The topological polar surface area (TPSA) is 55.8 Å². The summed E-state index contributed by atoms with van der Waals surface area (Å²) in [6.45, 7) is 3.56. The van der Waals surface area contributed by atoms with Crippen molar-refractivity contribution < 1.29 is 9.90 Å². The lowest BCUT2D eigenvalue weighted by atomic mass is 9.99. The van der Waals surface area contributed by atoms with Crippen LogP contribution in [0.4, 0.5) is 0 Å². The number of carbonyl (C=O) groups excluding carboxylic acids is 1. The summed E-state index contributed by atoms with van der Waals surface area (Å²) in [4.78, 5) is 16.8. The largest absolute Gasteiger partial charge is 0.395 e. The average molecular weight is 269 g/mol. The minimum absolute atomic E-state index is 0.0278. The Balaban J connectivity index is 1.95. The van der Waals surface area contributed by atoms with Crippen molar-refractivity contribution in [2.24, 2.45) is 0 Å². The van der Waals surface area contributed by atoms with Crippen LogP contribution in [0.5, 0.6) is 0 Å². The van der Waals surface area contributed by atoms with Crippen LogP contribution in [-0.2, 0) is 4.79 Å². The Morgan fingerprint density at radius 3 is 2.63 bits per heavy atom. The molecule has 1 atom stereocenters. The number of carbonyl (C=O) groups is 1. The molecule has 5 nitrogen and oxygen atoms in total. The number of hydrogen-bond donors (Lipinski definition) is 2. The van der Waals surface area contributed by atoms with E-state index in [1.807, 2.05) is 4.90 Å². The molecule has 2 aliphatic heterocycles. The zero-order valence-electron chi connectivity index (χ0n) is 12.0. The summed E-state index contributed by atoms with van der Waals surface area (Å²) in [7, 11) is 2.12. The molecule has 2 saturated heterocycles. The van der Waals surface area contributed by atoms with Gasteiger partial charge in [0.15, 0.2) is 0 Å². The molecule has 19 heavy (non-hydrogen) atoms. The van der Waals surface area contributed by atoms with Crippen LogP contribution in [0.15, 0.2) is 0 Å². The molecular weight excluding hydrogens is 242 g/mol. The first-order chi connectivity index (χ1) is 9.22. The van der Waals surface area contributed by atoms with Crippen LogP contribution in [0.25, 0.3) is 0 Å². The van der Waals surface area contributed by atoms with E-state index in [1.54, 1.807) is 0 Å². The van der Waals surface area contributed by atoms with Crippen LogP contribution in [0, 0.1) is 0 Å². The van der Waals surface area contributed by atoms with Crippen molar-refractivity contribution in [1.82, 2.24) is 15.1 Å². The lowest BCUT2D eigenvalue weighted by Gasteiger charge is -2.39. The molecule has 2 fully saturated rings. The zero-order chi connectivity index (χ0) is 13.7. The molecule has 0 spiro atoms. The third-order valence-corrected chi connectivity index (χ3v) is 4.36. The second-order valence-electron chi connectivity index (χ2n) is 5.79. The average Bonchev–Trinajstić information content (AvgIpc) is 2.46. The number of aliphatic hydroxyl groups is 1. The van der Waals surface area contributed by atoms with Gasteiger partial charge in [-0.15, -0.1) is 0 Å². The van der Waals surface area contributed by atoms with E-state index < -0.39 is 0 Å². The third kappa shape index (κ3) is 3.91. The van der Waals surface area contributed by atoms with E-state index in [0.717, 1.165) is 51.7 Å². The summed E-state index contributed by atoms with van der Waals surface area (Å²) in [6, 6.07) is 0.277. The van der Waals surface area contributed by atoms with E-state index >= 15 is 0 Å². The summed E-state index contributed by atoms with van der Waals surface area (Å²) in [5.74, 6) is 0.198. The minimum atomic E-state index is -0.0278.